The Hall–Kier alpha value is -2.73. The molecule has 0 radical (unpaired) electrons. The molecule has 7 heteroatoms. The number of hydrogen-bond donors (Lipinski definition) is 1. The minimum absolute atomic E-state index is 0.421. The van der Waals surface area contributed by atoms with Gasteiger partial charge in [-0.05, 0) is 6.07 Å². The van der Waals surface area contributed by atoms with E-state index in [1.807, 2.05) is 12.1 Å². The molecule has 0 bridgehead atoms. The van der Waals surface area contributed by atoms with E-state index in [9.17, 15) is 0 Å². The fourth-order valence-electron chi connectivity index (χ4n) is 2.36. The average Bonchev–Trinajstić information content (AvgIpc) is 2.61. The van der Waals surface area contributed by atoms with Gasteiger partial charge in [0.15, 0.2) is 11.5 Å². The Labute approximate surface area is 144 Å². The molecule has 24 heavy (non-hydrogen) atoms. The van der Waals surface area contributed by atoms with Gasteiger partial charge in [0.2, 0.25) is 11.7 Å². The number of anilines is 2. The fourth-order valence-corrected chi connectivity index (χ4v) is 2.59. The number of aromatic nitrogens is 2. The summed E-state index contributed by atoms with van der Waals surface area (Å²) in [7, 11) is 4.68. The second-order valence-corrected chi connectivity index (χ2v) is 5.32. The summed E-state index contributed by atoms with van der Waals surface area (Å²) in [6, 6.07) is 9.12. The summed E-state index contributed by atoms with van der Waals surface area (Å²) in [4.78, 5) is 8.76. The molecule has 0 aliphatic rings. The van der Waals surface area contributed by atoms with Crippen molar-refractivity contribution in [3.8, 4) is 17.2 Å². The first-order valence-electron chi connectivity index (χ1n) is 7.14. The highest BCUT2D eigenvalue weighted by atomic mass is 35.5. The second-order valence-electron chi connectivity index (χ2n) is 4.91. The third-order valence-corrected chi connectivity index (χ3v) is 3.79. The highest BCUT2D eigenvalue weighted by molar-refractivity contribution is 6.35. The molecule has 124 valence electrons. The van der Waals surface area contributed by atoms with Crippen molar-refractivity contribution in [2.24, 2.45) is 0 Å². The first kappa shape index (κ1) is 16.1. The molecule has 0 fully saturated rings. The molecular weight excluding hydrogens is 330 g/mol. The van der Waals surface area contributed by atoms with Crippen LogP contribution in [0.25, 0.3) is 10.9 Å². The van der Waals surface area contributed by atoms with E-state index in [4.69, 9.17) is 25.8 Å². The summed E-state index contributed by atoms with van der Waals surface area (Å²) in [6.45, 7) is 0. The van der Waals surface area contributed by atoms with Gasteiger partial charge < -0.3 is 19.5 Å². The van der Waals surface area contributed by atoms with E-state index in [1.54, 1.807) is 45.7 Å². The van der Waals surface area contributed by atoms with Crippen molar-refractivity contribution < 1.29 is 14.2 Å². The van der Waals surface area contributed by atoms with Gasteiger partial charge in [0.25, 0.3) is 0 Å². The van der Waals surface area contributed by atoms with E-state index in [2.05, 4.69) is 15.3 Å². The monoisotopic (exact) mass is 345 g/mol. The Morgan fingerprint density at radius 3 is 2.33 bits per heavy atom. The van der Waals surface area contributed by atoms with Crippen LogP contribution in [0.15, 0.2) is 36.5 Å². The molecule has 3 rings (SSSR count). The third kappa shape index (κ3) is 3.00. The number of nitrogens with one attached hydrogen (secondary N) is 1. The zero-order chi connectivity index (χ0) is 17.1. The molecule has 0 atom stereocenters. The third-order valence-electron chi connectivity index (χ3n) is 3.48. The van der Waals surface area contributed by atoms with Gasteiger partial charge in [-0.1, -0.05) is 23.7 Å². The van der Waals surface area contributed by atoms with Crippen LogP contribution in [-0.2, 0) is 0 Å². The lowest BCUT2D eigenvalue weighted by Crippen LogP contribution is -2.00. The molecule has 1 heterocycles. The summed E-state index contributed by atoms with van der Waals surface area (Å²) in [5.41, 5.74) is 1.39. The minimum Gasteiger partial charge on any atom is -0.493 e. The Balaban J connectivity index is 2.00. The van der Waals surface area contributed by atoms with Crippen LogP contribution >= 0.6 is 11.6 Å². The van der Waals surface area contributed by atoms with E-state index < -0.39 is 0 Å². The lowest BCUT2D eigenvalue weighted by molar-refractivity contribution is 0.324. The predicted octanol–water partition coefficient (Wildman–Crippen LogP) is 4.05. The van der Waals surface area contributed by atoms with E-state index in [0.29, 0.717) is 39.4 Å². The number of hydrogen-bond acceptors (Lipinski definition) is 6. The van der Waals surface area contributed by atoms with Gasteiger partial charge in [0.05, 0.1) is 31.9 Å². The van der Waals surface area contributed by atoms with Gasteiger partial charge in [-0.3, -0.25) is 0 Å². The number of nitrogens with zero attached hydrogens (tertiary/aromatic N) is 2. The number of benzene rings is 2. The van der Waals surface area contributed by atoms with Crippen molar-refractivity contribution in [3.05, 3.63) is 41.6 Å². The first-order chi connectivity index (χ1) is 11.7. The topological polar surface area (TPSA) is 65.5 Å². The van der Waals surface area contributed by atoms with Crippen LogP contribution in [-0.4, -0.2) is 31.3 Å². The summed E-state index contributed by atoms with van der Waals surface area (Å²) in [5, 5.41) is 4.57. The predicted molar refractivity (Wildman–Crippen MR) is 93.9 cm³/mol. The second kappa shape index (κ2) is 6.80. The van der Waals surface area contributed by atoms with Crippen molar-refractivity contribution >= 4 is 34.1 Å². The number of halogens is 1. The maximum Gasteiger partial charge on any atom is 0.227 e. The molecule has 2 aromatic carbocycles. The number of rotatable bonds is 5. The SMILES string of the molecule is COc1cc(Nc2ncc3cccc(Cl)c3n2)cc(OC)c1OC. The van der Waals surface area contributed by atoms with Crippen molar-refractivity contribution in [3.63, 3.8) is 0 Å². The molecule has 0 amide bonds. The van der Waals surface area contributed by atoms with Crippen LogP contribution in [0.5, 0.6) is 17.2 Å². The smallest absolute Gasteiger partial charge is 0.227 e. The molecular formula is C17H16ClN3O3. The quantitative estimate of drug-likeness (QED) is 0.752. The van der Waals surface area contributed by atoms with E-state index >= 15 is 0 Å². The van der Waals surface area contributed by atoms with Crippen LogP contribution in [0.1, 0.15) is 0 Å². The molecule has 0 saturated heterocycles. The van der Waals surface area contributed by atoms with E-state index in [0.717, 1.165) is 5.39 Å². The standard InChI is InChI=1S/C17H16ClN3O3/c1-22-13-7-11(8-14(23-2)16(13)24-3)20-17-19-9-10-5-4-6-12(18)15(10)21-17/h4-9H,1-3H3,(H,19,20,21). The van der Waals surface area contributed by atoms with Crippen molar-refractivity contribution in [2.75, 3.05) is 26.6 Å². The number of para-hydroxylation sites is 1. The fraction of sp³-hybridized carbons (Fsp3) is 0.176. The molecule has 3 aromatic rings. The van der Waals surface area contributed by atoms with Gasteiger partial charge in [0.1, 0.15) is 0 Å². The van der Waals surface area contributed by atoms with Crippen LogP contribution in [0, 0.1) is 0 Å². The maximum absolute atomic E-state index is 6.19. The molecule has 0 unspecified atom stereocenters. The van der Waals surface area contributed by atoms with Gasteiger partial charge >= 0.3 is 0 Å². The lowest BCUT2D eigenvalue weighted by atomic mass is 10.2. The van der Waals surface area contributed by atoms with E-state index in [-0.39, 0.29) is 0 Å². The summed E-state index contributed by atoms with van der Waals surface area (Å²) < 4.78 is 16.0. The van der Waals surface area contributed by atoms with Crippen LogP contribution < -0.4 is 19.5 Å². The lowest BCUT2D eigenvalue weighted by Gasteiger charge is -2.14. The Morgan fingerprint density at radius 1 is 1.00 bits per heavy atom. The first-order valence-corrected chi connectivity index (χ1v) is 7.52. The van der Waals surface area contributed by atoms with Gasteiger partial charge in [-0.25, -0.2) is 9.97 Å². The minimum atomic E-state index is 0.421. The van der Waals surface area contributed by atoms with Gasteiger partial charge in [-0.15, -0.1) is 0 Å². The molecule has 0 aliphatic carbocycles. The normalized spacial score (nSPS) is 10.5. The molecule has 0 aliphatic heterocycles. The summed E-state index contributed by atoms with van der Waals surface area (Å²) in [6.07, 6.45) is 1.72. The van der Waals surface area contributed by atoms with Crippen molar-refractivity contribution in [1.29, 1.82) is 0 Å². The van der Waals surface area contributed by atoms with Crippen molar-refractivity contribution in [2.45, 2.75) is 0 Å². The zero-order valence-electron chi connectivity index (χ0n) is 13.5. The van der Waals surface area contributed by atoms with Crippen LogP contribution in [0.4, 0.5) is 11.6 Å². The molecule has 1 aromatic heterocycles. The summed E-state index contributed by atoms with van der Waals surface area (Å²) >= 11 is 6.19. The van der Waals surface area contributed by atoms with Gasteiger partial charge in [-0.2, -0.15) is 0 Å². The average molecular weight is 346 g/mol. The Bertz CT molecular complexity index is 861. The number of ether oxygens (including phenoxy) is 3. The summed E-state index contributed by atoms with van der Waals surface area (Å²) in [5.74, 6) is 2.02. The Morgan fingerprint density at radius 2 is 1.71 bits per heavy atom. The number of methoxy groups -OCH3 is 3. The maximum atomic E-state index is 6.19. The van der Waals surface area contributed by atoms with E-state index in [1.165, 1.54) is 0 Å². The molecule has 0 saturated carbocycles. The molecule has 1 N–H and O–H groups in total. The van der Waals surface area contributed by atoms with Crippen LogP contribution in [0.3, 0.4) is 0 Å². The Kier molecular flexibility index (Phi) is 4.57. The number of fused-ring (bicyclic) bond motifs is 1. The van der Waals surface area contributed by atoms with Gasteiger partial charge in [0, 0.05) is 29.4 Å². The van der Waals surface area contributed by atoms with Crippen LogP contribution in [0.2, 0.25) is 5.02 Å². The highest BCUT2D eigenvalue weighted by Gasteiger charge is 2.14. The molecule has 0 spiro atoms. The highest BCUT2D eigenvalue weighted by Crippen LogP contribution is 2.40. The zero-order valence-corrected chi connectivity index (χ0v) is 14.2. The molecule has 6 nitrogen and oxygen atoms in total. The largest absolute Gasteiger partial charge is 0.493 e. The van der Waals surface area contributed by atoms with Crippen molar-refractivity contribution in [1.82, 2.24) is 9.97 Å².